The van der Waals surface area contributed by atoms with Crippen LogP contribution in [-0.4, -0.2) is 37.1 Å². The van der Waals surface area contributed by atoms with E-state index in [0.717, 1.165) is 24.3 Å². The van der Waals surface area contributed by atoms with E-state index in [-0.39, 0.29) is 12.0 Å². The molecule has 1 heterocycles. The van der Waals surface area contributed by atoms with Gasteiger partial charge in [0.05, 0.1) is 7.11 Å². The van der Waals surface area contributed by atoms with Crippen molar-refractivity contribution in [2.45, 2.75) is 18.9 Å². The SMILES string of the molecule is COc1ccc(OC2CCN(C(=O)c3cccc(Cl)c3)CC2)cc1. The van der Waals surface area contributed by atoms with Crippen LogP contribution in [0.4, 0.5) is 0 Å². The van der Waals surface area contributed by atoms with Crippen molar-refractivity contribution >= 4 is 17.5 Å². The number of nitrogens with zero attached hydrogens (tertiary/aromatic N) is 1. The molecule has 5 heteroatoms. The number of piperidine rings is 1. The summed E-state index contributed by atoms with van der Waals surface area (Å²) in [5.41, 5.74) is 0.636. The highest BCUT2D eigenvalue weighted by molar-refractivity contribution is 6.30. The summed E-state index contributed by atoms with van der Waals surface area (Å²) in [6, 6.07) is 14.7. The molecule has 1 aliphatic rings. The molecule has 0 aromatic heterocycles. The Labute approximate surface area is 146 Å². The van der Waals surface area contributed by atoms with E-state index >= 15 is 0 Å². The number of hydrogen-bond acceptors (Lipinski definition) is 3. The second-order valence-electron chi connectivity index (χ2n) is 5.80. The Balaban J connectivity index is 1.54. The molecule has 0 radical (unpaired) electrons. The Morgan fingerprint density at radius 2 is 1.75 bits per heavy atom. The van der Waals surface area contributed by atoms with Gasteiger partial charge in [0.1, 0.15) is 17.6 Å². The maximum Gasteiger partial charge on any atom is 0.253 e. The lowest BCUT2D eigenvalue weighted by molar-refractivity contribution is 0.0595. The largest absolute Gasteiger partial charge is 0.497 e. The summed E-state index contributed by atoms with van der Waals surface area (Å²) in [5.74, 6) is 1.67. The number of halogens is 1. The van der Waals surface area contributed by atoms with Gasteiger partial charge in [-0.1, -0.05) is 17.7 Å². The highest BCUT2D eigenvalue weighted by atomic mass is 35.5. The average Bonchev–Trinajstić information content (AvgIpc) is 2.62. The molecule has 0 saturated carbocycles. The van der Waals surface area contributed by atoms with Crippen LogP contribution in [-0.2, 0) is 0 Å². The summed E-state index contributed by atoms with van der Waals surface area (Å²) in [5, 5.41) is 0.582. The maximum atomic E-state index is 12.5. The van der Waals surface area contributed by atoms with Crippen molar-refractivity contribution in [2.75, 3.05) is 20.2 Å². The van der Waals surface area contributed by atoms with Gasteiger partial charge in [0.25, 0.3) is 5.91 Å². The van der Waals surface area contributed by atoms with E-state index in [1.807, 2.05) is 29.2 Å². The van der Waals surface area contributed by atoms with Gasteiger partial charge in [0, 0.05) is 36.5 Å². The molecule has 2 aromatic carbocycles. The molecule has 4 nitrogen and oxygen atoms in total. The van der Waals surface area contributed by atoms with Crippen molar-refractivity contribution in [2.24, 2.45) is 0 Å². The van der Waals surface area contributed by atoms with Crippen LogP contribution in [0.15, 0.2) is 48.5 Å². The van der Waals surface area contributed by atoms with Crippen LogP contribution in [0.2, 0.25) is 5.02 Å². The maximum absolute atomic E-state index is 12.5. The van der Waals surface area contributed by atoms with E-state index in [9.17, 15) is 4.79 Å². The molecule has 0 N–H and O–H groups in total. The van der Waals surface area contributed by atoms with Crippen LogP contribution in [0.25, 0.3) is 0 Å². The fourth-order valence-electron chi connectivity index (χ4n) is 2.83. The third-order valence-corrected chi connectivity index (χ3v) is 4.40. The molecule has 24 heavy (non-hydrogen) atoms. The molecule has 3 rings (SSSR count). The van der Waals surface area contributed by atoms with Crippen LogP contribution in [0, 0.1) is 0 Å². The number of methoxy groups -OCH3 is 1. The summed E-state index contributed by atoms with van der Waals surface area (Å²) in [6.45, 7) is 1.37. The third kappa shape index (κ3) is 4.01. The standard InChI is InChI=1S/C19H20ClNO3/c1-23-16-5-7-17(8-6-16)24-18-9-11-21(12-10-18)19(22)14-3-2-4-15(20)13-14/h2-8,13,18H,9-12H2,1H3. The monoisotopic (exact) mass is 345 g/mol. The van der Waals surface area contributed by atoms with E-state index in [1.165, 1.54) is 0 Å². The number of likely N-dealkylation sites (tertiary alicyclic amines) is 1. The zero-order valence-electron chi connectivity index (χ0n) is 13.6. The fourth-order valence-corrected chi connectivity index (χ4v) is 3.02. The Kier molecular flexibility index (Phi) is 5.26. The first-order chi connectivity index (χ1) is 11.7. The van der Waals surface area contributed by atoms with Gasteiger partial charge in [-0.3, -0.25) is 4.79 Å². The average molecular weight is 346 g/mol. The number of carbonyl (C=O) groups excluding carboxylic acids is 1. The molecule has 1 fully saturated rings. The quantitative estimate of drug-likeness (QED) is 0.839. The van der Waals surface area contributed by atoms with Gasteiger partial charge in [-0.05, 0) is 42.5 Å². The number of benzene rings is 2. The second-order valence-corrected chi connectivity index (χ2v) is 6.23. The van der Waals surface area contributed by atoms with Crippen molar-refractivity contribution in [3.63, 3.8) is 0 Å². The molecule has 0 aliphatic carbocycles. The van der Waals surface area contributed by atoms with Crippen LogP contribution < -0.4 is 9.47 Å². The van der Waals surface area contributed by atoms with Crippen molar-refractivity contribution in [1.82, 2.24) is 4.90 Å². The minimum atomic E-state index is 0.0281. The number of rotatable bonds is 4. The van der Waals surface area contributed by atoms with Gasteiger partial charge in [-0.2, -0.15) is 0 Å². The number of amides is 1. The highest BCUT2D eigenvalue weighted by Crippen LogP contribution is 2.23. The Morgan fingerprint density at radius 3 is 2.38 bits per heavy atom. The lowest BCUT2D eigenvalue weighted by atomic mass is 10.1. The summed E-state index contributed by atoms with van der Waals surface area (Å²) < 4.78 is 11.1. The molecule has 0 bridgehead atoms. The molecular formula is C19H20ClNO3. The van der Waals surface area contributed by atoms with Gasteiger partial charge >= 0.3 is 0 Å². The fraction of sp³-hybridized carbons (Fsp3) is 0.316. The molecule has 1 aliphatic heterocycles. The first-order valence-corrected chi connectivity index (χ1v) is 8.39. The van der Waals surface area contributed by atoms with E-state index in [4.69, 9.17) is 21.1 Å². The van der Waals surface area contributed by atoms with Gasteiger partial charge < -0.3 is 14.4 Å². The van der Waals surface area contributed by atoms with E-state index < -0.39 is 0 Å². The summed E-state index contributed by atoms with van der Waals surface area (Å²) in [6.07, 6.45) is 1.76. The highest BCUT2D eigenvalue weighted by Gasteiger charge is 2.24. The van der Waals surface area contributed by atoms with Crippen LogP contribution in [0.3, 0.4) is 0 Å². The Hall–Kier alpha value is -2.20. The van der Waals surface area contributed by atoms with Crippen molar-refractivity contribution in [3.8, 4) is 11.5 Å². The van der Waals surface area contributed by atoms with Gasteiger partial charge in [0.2, 0.25) is 0 Å². The molecule has 126 valence electrons. The number of hydrogen-bond donors (Lipinski definition) is 0. The lowest BCUT2D eigenvalue weighted by Gasteiger charge is -2.32. The van der Waals surface area contributed by atoms with E-state index in [2.05, 4.69) is 0 Å². The molecule has 1 saturated heterocycles. The predicted molar refractivity (Wildman–Crippen MR) is 94.0 cm³/mol. The topological polar surface area (TPSA) is 38.8 Å². The lowest BCUT2D eigenvalue weighted by Crippen LogP contribution is -2.41. The molecule has 0 atom stereocenters. The normalized spacial score (nSPS) is 15.2. The second kappa shape index (κ2) is 7.58. The van der Waals surface area contributed by atoms with Gasteiger partial charge in [-0.25, -0.2) is 0 Å². The summed E-state index contributed by atoms with van der Waals surface area (Å²) >= 11 is 5.96. The number of ether oxygens (including phenoxy) is 2. The van der Waals surface area contributed by atoms with Crippen LogP contribution in [0.1, 0.15) is 23.2 Å². The van der Waals surface area contributed by atoms with Crippen molar-refractivity contribution in [1.29, 1.82) is 0 Å². The van der Waals surface area contributed by atoms with Crippen molar-refractivity contribution < 1.29 is 14.3 Å². The minimum Gasteiger partial charge on any atom is -0.497 e. The van der Waals surface area contributed by atoms with E-state index in [1.54, 1.807) is 31.4 Å². The predicted octanol–water partition coefficient (Wildman–Crippen LogP) is 4.03. The molecule has 1 amide bonds. The zero-order chi connectivity index (χ0) is 16.9. The number of carbonyl (C=O) groups is 1. The summed E-state index contributed by atoms with van der Waals surface area (Å²) in [7, 11) is 1.64. The van der Waals surface area contributed by atoms with Crippen LogP contribution in [0.5, 0.6) is 11.5 Å². The molecule has 0 unspecified atom stereocenters. The minimum absolute atomic E-state index is 0.0281. The molecular weight excluding hydrogens is 326 g/mol. The van der Waals surface area contributed by atoms with Crippen LogP contribution >= 0.6 is 11.6 Å². The van der Waals surface area contributed by atoms with Gasteiger partial charge in [-0.15, -0.1) is 0 Å². The van der Waals surface area contributed by atoms with Crippen molar-refractivity contribution in [3.05, 3.63) is 59.1 Å². The first kappa shape index (κ1) is 16.7. The van der Waals surface area contributed by atoms with Gasteiger partial charge in [0.15, 0.2) is 0 Å². The molecule has 2 aromatic rings. The summed E-state index contributed by atoms with van der Waals surface area (Å²) in [4.78, 5) is 14.4. The Morgan fingerprint density at radius 1 is 1.08 bits per heavy atom. The molecule has 0 spiro atoms. The smallest absolute Gasteiger partial charge is 0.253 e. The Bertz CT molecular complexity index is 694. The first-order valence-electron chi connectivity index (χ1n) is 8.01. The third-order valence-electron chi connectivity index (χ3n) is 4.16. The van der Waals surface area contributed by atoms with E-state index in [0.29, 0.717) is 23.7 Å². The zero-order valence-corrected chi connectivity index (χ0v) is 14.3.